The summed E-state index contributed by atoms with van der Waals surface area (Å²) in [5, 5.41) is 0. The molecule has 126 valence electrons. The van der Waals surface area contributed by atoms with E-state index in [0.717, 1.165) is 34.5 Å². The van der Waals surface area contributed by atoms with Crippen LogP contribution in [-0.4, -0.2) is 52.3 Å². The minimum atomic E-state index is -1.11. The standard InChI is InChI=1S/C14H16O8S/c1-6-7(11(15)19-2)8(12(16)20-3)9(13(17)21-4)10(23)14(18)22-5/h6,23H,1H2,2-5H3/b8-7-,10-9+. The first-order valence-electron chi connectivity index (χ1n) is 5.94. The molecule has 0 spiro atoms. The van der Waals surface area contributed by atoms with Gasteiger partial charge in [0.2, 0.25) is 0 Å². The first-order chi connectivity index (χ1) is 10.8. The van der Waals surface area contributed by atoms with Crippen molar-refractivity contribution >= 4 is 36.5 Å². The van der Waals surface area contributed by atoms with Crippen molar-refractivity contribution in [1.29, 1.82) is 0 Å². The summed E-state index contributed by atoms with van der Waals surface area (Å²) in [6.07, 6.45) is 0.972. The van der Waals surface area contributed by atoms with Crippen LogP contribution in [-0.2, 0) is 38.1 Å². The second kappa shape index (κ2) is 9.46. The zero-order valence-electron chi connectivity index (χ0n) is 13.0. The Balaban J connectivity index is 6.85. The summed E-state index contributed by atoms with van der Waals surface area (Å²) in [6, 6.07) is 0. The number of hydrogen-bond donors (Lipinski definition) is 1. The van der Waals surface area contributed by atoms with E-state index in [1.54, 1.807) is 0 Å². The summed E-state index contributed by atoms with van der Waals surface area (Å²) in [4.78, 5) is 47.0. The monoisotopic (exact) mass is 344 g/mol. The Morgan fingerprint density at radius 2 is 1.13 bits per heavy atom. The van der Waals surface area contributed by atoms with Gasteiger partial charge in [0.25, 0.3) is 0 Å². The first-order valence-corrected chi connectivity index (χ1v) is 6.38. The SMILES string of the molecule is C=C/C(C(=O)OC)=C(C(=O)OC)\C(C(=O)OC)=C(/S)C(=O)OC. The number of rotatable bonds is 6. The van der Waals surface area contributed by atoms with Crippen molar-refractivity contribution in [3.63, 3.8) is 0 Å². The highest BCUT2D eigenvalue weighted by Gasteiger charge is 2.32. The molecule has 0 N–H and O–H groups in total. The molecule has 0 aliphatic rings. The van der Waals surface area contributed by atoms with Crippen molar-refractivity contribution in [2.24, 2.45) is 0 Å². The highest BCUT2D eigenvalue weighted by molar-refractivity contribution is 7.85. The minimum Gasteiger partial charge on any atom is -0.465 e. The molecule has 9 heteroatoms. The highest BCUT2D eigenvalue weighted by Crippen LogP contribution is 2.26. The summed E-state index contributed by atoms with van der Waals surface area (Å²) in [5.74, 6) is -4.21. The minimum absolute atomic E-state index is 0.407. The first kappa shape index (κ1) is 20.5. The number of thiol groups is 1. The summed E-state index contributed by atoms with van der Waals surface area (Å²) in [7, 11) is 4.14. The van der Waals surface area contributed by atoms with E-state index in [4.69, 9.17) is 0 Å². The van der Waals surface area contributed by atoms with Crippen molar-refractivity contribution in [3.8, 4) is 0 Å². The van der Waals surface area contributed by atoms with Gasteiger partial charge in [0.15, 0.2) is 0 Å². The van der Waals surface area contributed by atoms with Gasteiger partial charge in [0.05, 0.1) is 45.2 Å². The average Bonchev–Trinajstić information content (AvgIpc) is 2.58. The van der Waals surface area contributed by atoms with E-state index < -0.39 is 45.5 Å². The molecule has 23 heavy (non-hydrogen) atoms. The Morgan fingerprint density at radius 1 is 0.739 bits per heavy atom. The second-order valence-electron chi connectivity index (χ2n) is 3.68. The lowest BCUT2D eigenvalue weighted by atomic mass is 9.99. The van der Waals surface area contributed by atoms with Crippen molar-refractivity contribution in [2.75, 3.05) is 28.4 Å². The highest BCUT2D eigenvalue weighted by atomic mass is 32.1. The van der Waals surface area contributed by atoms with Crippen LogP contribution in [0, 0.1) is 0 Å². The molecular weight excluding hydrogens is 328 g/mol. The van der Waals surface area contributed by atoms with Crippen molar-refractivity contribution in [2.45, 2.75) is 0 Å². The zero-order valence-corrected chi connectivity index (χ0v) is 13.9. The molecule has 0 saturated heterocycles. The van der Waals surface area contributed by atoms with Gasteiger partial charge in [0.1, 0.15) is 4.91 Å². The van der Waals surface area contributed by atoms with Crippen molar-refractivity contribution in [3.05, 3.63) is 34.3 Å². The normalized spacial score (nSPS) is 12.2. The third-order valence-electron chi connectivity index (χ3n) is 2.52. The summed E-state index contributed by atoms with van der Waals surface area (Å²) >= 11 is 3.87. The predicted octanol–water partition coefficient (Wildman–Crippen LogP) is 0.345. The van der Waals surface area contributed by atoms with E-state index in [2.05, 4.69) is 38.2 Å². The van der Waals surface area contributed by atoms with Crippen molar-refractivity contribution < 1.29 is 38.1 Å². The molecule has 0 atom stereocenters. The maximum Gasteiger partial charge on any atom is 0.344 e. The molecule has 0 fully saturated rings. The number of hydrogen-bond acceptors (Lipinski definition) is 9. The molecule has 0 amide bonds. The number of ether oxygens (including phenoxy) is 4. The van der Waals surface area contributed by atoms with Gasteiger partial charge in [0, 0.05) is 0 Å². The summed E-state index contributed by atoms with van der Waals surface area (Å²) in [5.41, 5.74) is -1.61. The number of esters is 4. The molecule has 0 bridgehead atoms. The molecule has 0 aromatic carbocycles. The van der Waals surface area contributed by atoms with Crippen LogP contribution in [0.4, 0.5) is 0 Å². The van der Waals surface area contributed by atoms with E-state index in [1.807, 2.05) is 0 Å². The molecule has 0 aliphatic carbocycles. The Morgan fingerprint density at radius 3 is 1.48 bits per heavy atom. The molecule has 8 nitrogen and oxygen atoms in total. The van der Waals surface area contributed by atoms with Gasteiger partial charge in [-0.1, -0.05) is 12.7 Å². The van der Waals surface area contributed by atoms with Gasteiger partial charge >= 0.3 is 23.9 Å². The Labute approximate surface area is 138 Å². The van der Waals surface area contributed by atoms with Crippen LogP contribution < -0.4 is 0 Å². The van der Waals surface area contributed by atoms with Gasteiger partial charge in [-0.3, -0.25) is 0 Å². The van der Waals surface area contributed by atoms with Crippen LogP contribution in [0.5, 0.6) is 0 Å². The number of carbonyl (C=O) groups is 4. The molecule has 0 heterocycles. The summed E-state index contributed by atoms with van der Waals surface area (Å²) in [6.45, 7) is 3.38. The molecule has 0 saturated carbocycles. The molecular formula is C14H16O8S. The largest absolute Gasteiger partial charge is 0.465 e. The van der Waals surface area contributed by atoms with Crippen LogP contribution in [0.15, 0.2) is 34.3 Å². The lowest BCUT2D eigenvalue weighted by Gasteiger charge is -2.13. The third-order valence-corrected chi connectivity index (χ3v) is 2.93. The van der Waals surface area contributed by atoms with Crippen LogP contribution in [0.1, 0.15) is 0 Å². The molecule has 0 aromatic rings. The molecule has 0 rings (SSSR count). The Kier molecular flexibility index (Phi) is 8.41. The molecule has 0 aromatic heterocycles. The lowest BCUT2D eigenvalue weighted by Crippen LogP contribution is -2.22. The predicted molar refractivity (Wildman–Crippen MR) is 81.3 cm³/mol. The Hall–Kier alpha value is -2.55. The fraction of sp³-hybridized carbons (Fsp3) is 0.286. The molecule has 0 radical (unpaired) electrons. The zero-order chi connectivity index (χ0) is 18.2. The topological polar surface area (TPSA) is 105 Å². The van der Waals surface area contributed by atoms with Crippen LogP contribution in [0.3, 0.4) is 0 Å². The van der Waals surface area contributed by atoms with Gasteiger partial charge in [-0.15, -0.1) is 12.6 Å². The summed E-state index contributed by atoms with van der Waals surface area (Å²) < 4.78 is 18.0. The smallest absolute Gasteiger partial charge is 0.344 e. The number of carbonyl (C=O) groups excluding carboxylic acids is 4. The molecule has 0 aliphatic heterocycles. The third kappa shape index (κ3) is 4.71. The van der Waals surface area contributed by atoms with E-state index in [9.17, 15) is 19.2 Å². The van der Waals surface area contributed by atoms with Gasteiger partial charge in [-0.2, -0.15) is 0 Å². The van der Waals surface area contributed by atoms with Gasteiger partial charge in [-0.05, 0) is 0 Å². The van der Waals surface area contributed by atoms with Crippen molar-refractivity contribution in [1.82, 2.24) is 0 Å². The van der Waals surface area contributed by atoms with Crippen LogP contribution in [0.2, 0.25) is 0 Å². The van der Waals surface area contributed by atoms with E-state index in [0.29, 0.717) is 0 Å². The van der Waals surface area contributed by atoms with E-state index >= 15 is 0 Å². The van der Waals surface area contributed by atoms with Gasteiger partial charge in [-0.25, -0.2) is 19.2 Å². The Bertz CT molecular complexity index is 600. The maximum absolute atomic E-state index is 12.0. The average molecular weight is 344 g/mol. The fourth-order valence-electron chi connectivity index (χ4n) is 1.46. The van der Waals surface area contributed by atoms with E-state index in [-0.39, 0.29) is 0 Å². The maximum atomic E-state index is 12.0. The van der Waals surface area contributed by atoms with Gasteiger partial charge < -0.3 is 18.9 Å². The molecule has 0 unspecified atom stereocenters. The fourth-order valence-corrected chi connectivity index (χ4v) is 1.76. The quantitative estimate of drug-likeness (QED) is 0.242. The van der Waals surface area contributed by atoms with E-state index in [1.165, 1.54) is 0 Å². The second-order valence-corrected chi connectivity index (χ2v) is 4.13. The van der Waals surface area contributed by atoms with Crippen LogP contribution >= 0.6 is 12.6 Å². The number of methoxy groups -OCH3 is 4. The van der Waals surface area contributed by atoms with Crippen LogP contribution in [0.25, 0.3) is 0 Å². The lowest BCUT2D eigenvalue weighted by molar-refractivity contribution is -0.141.